The first-order chi connectivity index (χ1) is 8.64. The van der Waals surface area contributed by atoms with Gasteiger partial charge in [-0.25, -0.2) is 0 Å². The zero-order valence-corrected chi connectivity index (χ0v) is 11.9. The van der Waals surface area contributed by atoms with E-state index in [4.69, 9.17) is 0 Å². The quantitative estimate of drug-likeness (QED) is 0.847. The lowest BCUT2D eigenvalue weighted by Crippen LogP contribution is -2.39. The molecule has 0 atom stereocenters. The van der Waals surface area contributed by atoms with Crippen LogP contribution in [0, 0.1) is 0 Å². The van der Waals surface area contributed by atoms with Crippen molar-refractivity contribution in [3.63, 3.8) is 0 Å². The van der Waals surface area contributed by atoms with Gasteiger partial charge in [0.2, 0.25) is 0 Å². The predicted molar refractivity (Wildman–Crippen MR) is 75.1 cm³/mol. The normalized spacial score (nSPS) is 19.4. The lowest BCUT2D eigenvalue weighted by Gasteiger charge is -2.24. The van der Waals surface area contributed by atoms with Gasteiger partial charge in [0.05, 0.1) is 0 Å². The van der Waals surface area contributed by atoms with Crippen LogP contribution in [-0.2, 0) is 17.6 Å². The van der Waals surface area contributed by atoms with Gasteiger partial charge in [0, 0.05) is 16.2 Å². The Labute approximate surface area is 113 Å². The van der Waals surface area contributed by atoms with Crippen LogP contribution in [0.2, 0.25) is 0 Å². The largest absolute Gasteiger partial charge is 0.382 e. The van der Waals surface area contributed by atoms with Crippen molar-refractivity contribution in [2.24, 2.45) is 0 Å². The van der Waals surface area contributed by atoms with Crippen LogP contribution < -0.4 is 0 Å². The molecule has 0 aliphatic heterocycles. The van der Waals surface area contributed by atoms with Gasteiger partial charge in [-0.15, -0.1) is 11.3 Å². The molecule has 3 heteroatoms. The first-order valence-electron chi connectivity index (χ1n) is 6.97. The number of hydrogen-bond acceptors (Lipinski definition) is 3. The zero-order valence-electron chi connectivity index (χ0n) is 11.1. The molecule has 1 N–H and O–H groups in total. The van der Waals surface area contributed by atoms with Crippen LogP contribution in [0.4, 0.5) is 0 Å². The van der Waals surface area contributed by atoms with E-state index in [0.717, 1.165) is 37.0 Å². The van der Waals surface area contributed by atoms with E-state index < -0.39 is 5.60 Å². The van der Waals surface area contributed by atoms with Crippen LogP contribution >= 0.6 is 11.3 Å². The third kappa shape index (κ3) is 3.21. The average molecular weight is 266 g/mol. The minimum atomic E-state index is -1.05. The number of Topliss-reactive ketones (excluding diaryl/α,β-unsaturated/α-hetero) is 1. The second kappa shape index (κ2) is 5.98. The van der Waals surface area contributed by atoms with Crippen LogP contribution in [0.5, 0.6) is 0 Å². The fraction of sp³-hybridized carbons (Fsp3) is 0.667. The number of rotatable bonds is 4. The van der Waals surface area contributed by atoms with E-state index in [-0.39, 0.29) is 5.78 Å². The Morgan fingerprint density at radius 3 is 2.39 bits per heavy atom. The highest BCUT2D eigenvalue weighted by Gasteiger charge is 2.35. The Bertz CT molecular complexity index is 400. The summed E-state index contributed by atoms with van der Waals surface area (Å²) in [6, 6.07) is 4.12. The van der Waals surface area contributed by atoms with E-state index in [1.54, 1.807) is 11.3 Å². The number of carbonyl (C=O) groups is 1. The van der Waals surface area contributed by atoms with Crippen molar-refractivity contribution < 1.29 is 9.90 Å². The maximum absolute atomic E-state index is 12.3. The molecule has 1 saturated carbocycles. The summed E-state index contributed by atoms with van der Waals surface area (Å²) in [5, 5.41) is 10.5. The van der Waals surface area contributed by atoms with Gasteiger partial charge in [0.25, 0.3) is 0 Å². The molecule has 1 aromatic rings. The molecule has 0 spiro atoms. The summed E-state index contributed by atoms with van der Waals surface area (Å²) in [6.45, 7) is 2.12. The van der Waals surface area contributed by atoms with Crippen LogP contribution in [0.1, 0.15) is 55.2 Å². The molecule has 100 valence electrons. The van der Waals surface area contributed by atoms with Crippen LogP contribution in [0.25, 0.3) is 0 Å². The summed E-state index contributed by atoms with van der Waals surface area (Å²) in [7, 11) is 0. The Morgan fingerprint density at radius 2 is 1.83 bits per heavy atom. The van der Waals surface area contributed by atoms with Crippen molar-refractivity contribution >= 4 is 17.1 Å². The smallest absolute Gasteiger partial charge is 0.169 e. The molecule has 2 rings (SSSR count). The molecule has 1 aliphatic rings. The molecule has 0 bridgehead atoms. The van der Waals surface area contributed by atoms with Crippen LogP contribution in [0.15, 0.2) is 12.1 Å². The molecule has 1 fully saturated rings. The molecule has 18 heavy (non-hydrogen) atoms. The molecule has 0 aromatic carbocycles. The first-order valence-corrected chi connectivity index (χ1v) is 7.79. The number of carbonyl (C=O) groups excluding carboxylic acids is 1. The van der Waals surface area contributed by atoms with Crippen molar-refractivity contribution in [1.82, 2.24) is 0 Å². The maximum atomic E-state index is 12.3. The van der Waals surface area contributed by atoms with Gasteiger partial charge < -0.3 is 5.11 Å². The van der Waals surface area contributed by atoms with E-state index in [9.17, 15) is 9.90 Å². The summed E-state index contributed by atoms with van der Waals surface area (Å²) in [6.07, 6.45) is 6.98. The third-order valence-electron chi connectivity index (χ3n) is 3.85. The van der Waals surface area contributed by atoms with Gasteiger partial charge in [-0.3, -0.25) is 4.79 Å². The summed E-state index contributed by atoms with van der Waals surface area (Å²) in [5.74, 6) is 0.0221. The maximum Gasteiger partial charge on any atom is 0.169 e. The minimum absolute atomic E-state index is 0.0221. The van der Waals surface area contributed by atoms with E-state index in [0.29, 0.717) is 19.3 Å². The van der Waals surface area contributed by atoms with Gasteiger partial charge >= 0.3 is 0 Å². The van der Waals surface area contributed by atoms with Crippen LogP contribution in [0.3, 0.4) is 0 Å². The molecule has 0 amide bonds. The predicted octanol–water partition coefficient (Wildman–Crippen LogP) is 3.51. The van der Waals surface area contributed by atoms with Gasteiger partial charge in [-0.1, -0.05) is 32.6 Å². The van der Waals surface area contributed by atoms with Crippen molar-refractivity contribution in [1.29, 1.82) is 0 Å². The van der Waals surface area contributed by atoms with Gasteiger partial charge in [0.15, 0.2) is 5.78 Å². The summed E-state index contributed by atoms with van der Waals surface area (Å²) < 4.78 is 0. The van der Waals surface area contributed by atoms with Gasteiger partial charge in [-0.2, -0.15) is 0 Å². The molecule has 1 aromatic heterocycles. The number of thiophene rings is 1. The van der Waals surface area contributed by atoms with E-state index in [1.807, 2.05) is 6.07 Å². The van der Waals surface area contributed by atoms with Gasteiger partial charge in [-0.05, 0) is 31.4 Å². The van der Waals surface area contributed by atoms with E-state index >= 15 is 0 Å². The molecule has 2 nitrogen and oxygen atoms in total. The highest BCUT2D eigenvalue weighted by atomic mass is 32.1. The summed E-state index contributed by atoms with van der Waals surface area (Å²) in [5.41, 5.74) is -1.05. The Morgan fingerprint density at radius 1 is 1.22 bits per heavy atom. The Kier molecular flexibility index (Phi) is 4.57. The Hall–Kier alpha value is -0.670. The van der Waals surface area contributed by atoms with Crippen molar-refractivity contribution in [2.45, 2.75) is 63.9 Å². The SMILES string of the molecule is CCc1ccc(CC(=O)C2(O)CCCCCC2)s1. The standard InChI is InChI=1S/C15H22O2S/c1-2-12-7-8-13(18-12)11-14(16)15(17)9-5-3-4-6-10-15/h7-8,17H,2-6,9-11H2,1H3. The molecule has 0 saturated heterocycles. The topological polar surface area (TPSA) is 37.3 Å². The summed E-state index contributed by atoms with van der Waals surface area (Å²) in [4.78, 5) is 14.7. The second-order valence-corrected chi connectivity index (χ2v) is 6.52. The number of ketones is 1. The lowest BCUT2D eigenvalue weighted by molar-refractivity contribution is -0.137. The zero-order chi connectivity index (χ0) is 13.0. The number of hydrogen-bond donors (Lipinski definition) is 1. The average Bonchev–Trinajstić information content (AvgIpc) is 2.69. The molecular weight excluding hydrogens is 244 g/mol. The molecule has 0 radical (unpaired) electrons. The van der Waals surface area contributed by atoms with E-state index in [1.165, 1.54) is 4.88 Å². The summed E-state index contributed by atoms with van der Waals surface area (Å²) >= 11 is 1.70. The molecule has 0 unspecified atom stereocenters. The van der Waals surface area contributed by atoms with Gasteiger partial charge in [0.1, 0.15) is 5.60 Å². The lowest BCUT2D eigenvalue weighted by atomic mass is 9.88. The highest BCUT2D eigenvalue weighted by Crippen LogP contribution is 2.29. The van der Waals surface area contributed by atoms with Crippen LogP contribution in [-0.4, -0.2) is 16.5 Å². The third-order valence-corrected chi connectivity index (χ3v) is 5.08. The number of aryl methyl sites for hydroxylation is 1. The fourth-order valence-corrected chi connectivity index (χ4v) is 3.58. The van der Waals surface area contributed by atoms with Crippen molar-refractivity contribution in [3.8, 4) is 0 Å². The Balaban J connectivity index is 2.01. The monoisotopic (exact) mass is 266 g/mol. The second-order valence-electron chi connectivity index (χ2n) is 5.27. The fourth-order valence-electron chi connectivity index (χ4n) is 2.62. The molecule has 1 heterocycles. The van der Waals surface area contributed by atoms with E-state index in [2.05, 4.69) is 13.0 Å². The highest BCUT2D eigenvalue weighted by molar-refractivity contribution is 7.12. The molecule has 1 aliphatic carbocycles. The number of aliphatic hydroxyl groups is 1. The van der Waals surface area contributed by atoms with Crippen molar-refractivity contribution in [2.75, 3.05) is 0 Å². The van der Waals surface area contributed by atoms with Crippen molar-refractivity contribution in [3.05, 3.63) is 21.9 Å². The minimum Gasteiger partial charge on any atom is -0.382 e. The first kappa shape index (κ1) is 13.8. The molecular formula is C15H22O2S.